The SMILES string of the molecule is NC(=O)Nc1cc(N)ccc1N=Nc1ccc2c(S(=O)(=O)O)cc(S(=O)(=O)O)cc2c1. The maximum Gasteiger partial charge on any atom is 0.316 e. The summed E-state index contributed by atoms with van der Waals surface area (Å²) in [5.41, 5.74) is 11.7. The molecule has 14 heteroatoms. The second-order valence-corrected chi connectivity index (χ2v) is 9.05. The van der Waals surface area contributed by atoms with Gasteiger partial charge in [-0.15, -0.1) is 5.11 Å². The molecule has 0 saturated carbocycles. The zero-order valence-electron chi connectivity index (χ0n) is 15.4. The molecule has 0 fully saturated rings. The summed E-state index contributed by atoms with van der Waals surface area (Å²) in [6, 6.07) is 9.15. The summed E-state index contributed by atoms with van der Waals surface area (Å²) in [5, 5.41) is 10.3. The van der Waals surface area contributed by atoms with Gasteiger partial charge in [0.15, 0.2) is 0 Å². The number of urea groups is 1. The molecule has 0 atom stereocenters. The lowest BCUT2D eigenvalue weighted by molar-refractivity contribution is 0.259. The molecule has 0 aliphatic carbocycles. The third kappa shape index (κ3) is 5.13. The molecule has 0 aromatic heterocycles. The Kier molecular flexibility index (Phi) is 5.64. The molecule has 0 unspecified atom stereocenters. The van der Waals surface area contributed by atoms with Crippen molar-refractivity contribution in [1.29, 1.82) is 0 Å². The molecular formula is C17H15N5O7S2. The smallest absolute Gasteiger partial charge is 0.316 e. The quantitative estimate of drug-likeness (QED) is 0.214. The number of rotatable bonds is 5. The number of nitrogen functional groups attached to an aromatic ring is 1. The molecule has 0 spiro atoms. The van der Waals surface area contributed by atoms with E-state index in [1.807, 2.05) is 0 Å². The summed E-state index contributed by atoms with van der Waals surface area (Å²) in [5.74, 6) is 0. The van der Waals surface area contributed by atoms with Gasteiger partial charge in [0.05, 0.1) is 16.3 Å². The lowest BCUT2D eigenvalue weighted by atomic mass is 10.1. The first-order chi connectivity index (χ1) is 14.3. The summed E-state index contributed by atoms with van der Waals surface area (Å²) in [6.45, 7) is 0. The molecule has 0 saturated heterocycles. The largest absolute Gasteiger partial charge is 0.399 e. The monoisotopic (exact) mass is 465 g/mol. The van der Waals surface area contributed by atoms with Crippen LogP contribution in [0.15, 0.2) is 68.6 Å². The van der Waals surface area contributed by atoms with E-state index in [4.69, 9.17) is 11.5 Å². The summed E-state index contributed by atoms with van der Waals surface area (Å²) in [6.07, 6.45) is 0. The minimum atomic E-state index is -4.80. The average Bonchev–Trinajstić information content (AvgIpc) is 2.64. The van der Waals surface area contributed by atoms with Crippen LogP contribution in [-0.2, 0) is 20.2 Å². The molecule has 31 heavy (non-hydrogen) atoms. The van der Waals surface area contributed by atoms with Crippen LogP contribution in [0, 0.1) is 0 Å². The van der Waals surface area contributed by atoms with Crippen LogP contribution >= 0.6 is 0 Å². The van der Waals surface area contributed by atoms with Crippen LogP contribution in [0.4, 0.5) is 27.5 Å². The second-order valence-electron chi connectivity index (χ2n) is 6.24. The third-order valence-electron chi connectivity index (χ3n) is 4.00. The Morgan fingerprint density at radius 1 is 0.903 bits per heavy atom. The molecule has 3 aromatic rings. The number of carbonyl (C=O) groups excluding carboxylic acids is 1. The van der Waals surface area contributed by atoms with E-state index < -0.39 is 36.1 Å². The first-order valence-electron chi connectivity index (χ1n) is 8.25. The zero-order valence-corrected chi connectivity index (χ0v) is 17.1. The highest BCUT2D eigenvalue weighted by molar-refractivity contribution is 7.86. The van der Waals surface area contributed by atoms with Crippen LogP contribution in [0.3, 0.4) is 0 Å². The van der Waals surface area contributed by atoms with E-state index in [9.17, 15) is 30.7 Å². The van der Waals surface area contributed by atoms with Crippen LogP contribution < -0.4 is 16.8 Å². The van der Waals surface area contributed by atoms with Gasteiger partial charge in [-0.05, 0) is 47.9 Å². The average molecular weight is 465 g/mol. The fraction of sp³-hybridized carbons (Fsp3) is 0. The maximum atomic E-state index is 11.7. The molecule has 3 rings (SSSR count). The van der Waals surface area contributed by atoms with Gasteiger partial charge in [0.1, 0.15) is 10.6 Å². The lowest BCUT2D eigenvalue weighted by Gasteiger charge is -2.08. The first-order valence-corrected chi connectivity index (χ1v) is 11.1. The van der Waals surface area contributed by atoms with Crippen LogP contribution in [0.25, 0.3) is 10.8 Å². The van der Waals surface area contributed by atoms with Gasteiger partial charge in [-0.25, -0.2) is 4.79 Å². The highest BCUT2D eigenvalue weighted by Crippen LogP contribution is 2.32. The molecule has 0 heterocycles. The van der Waals surface area contributed by atoms with Crippen molar-refractivity contribution < 1.29 is 30.7 Å². The fourth-order valence-corrected chi connectivity index (χ4v) is 4.06. The Morgan fingerprint density at radius 2 is 1.61 bits per heavy atom. The van der Waals surface area contributed by atoms with Gasteiger partial charge in [0, 0.05) is 11.1 Å². The standard InChI is InChI=1S/C17H15N5O7S2/c18-10-1-4-14(15(7-10)20-17(19)23)22-21-11-2-3-13-9(5-11)6-12(30(24,25)26)8-16(13)31(27,28)29/h1-8H,18H2,(H3,19,20,23)(H,24,25,26)(H,27,28,29). The van der Waals surface area contributed by atoms with Crippen molar-refractivity contribution in [2.45, 2.75) is 9.79 Å². The Labute approximate surface area is 176 Å². The van der Waals surface area contributed by atoms with E-state index >= 15 is 0 Å². The highest BCUT2D eigenvalue weighted by Gasteiger charge is 2.20. The molecule has 162 valence electrons. The normalized spacial score (nSPS) is 12.3. The van der Waals surface area contributed by atoms with E-state index in [-0.39, 0.29) is 27.8 Å². The van der Waals surface area contributed by atoms with Gasteiger partial charge >= 0.3 is 6.03 Å². The van der Waals surface area contributed by atoms with E-state index in [0.717, 1.165) is 6.07 Å². The summed E-state index contributed by atoms with van der Waals surface area (Å²) in [7, 11) is -9.55. The zero-order chi connectivity index (χ0) is 23.0. The van der Waals surface area contributed by atoms with Gasteiger partial charge in [0.25, 0.3) is 20.2 Å². The second kappa shape index (κ2) is 7.92. The van der Waals surface area contributed by atoms with E-state index in [1.165, 1.54) is 36.4 Å². The molecule has 3 aromatic carbocycles. The van der Waals surface area contributed by atoms with Gasteiger partial charge in [-0.3, -0.25) is 9.11 Å². The van der Waals surface area contributed by atoms with Crippen molar-refractivity contribution in [1.82, 2.24) is 0 Å². The van der Waals surface area contributed by atoms with Crippen LogP contribution in [0.2, 0.25) is 0 Å². The molecule has 0 radical (unpaired) electrons. The first kappa shape index (κ1) is 22.1. The van der Waals surface area contributed by atoms with Gasteiger partial charge < -0.3 is 16.8 Å². The van der Waals surface area contributed by atoms with Crippen molar-refractivity contribution in [2.24, 2.45) is 16.0 Å². The van der Waals surface area contributed by atoms with Gasteiger partial charge in [-0.1, -0.05) is 6.07 Å². The lowest BCUT2D eigenvalue weighted by Crippen LogP contribution is -2.19. The highest BCUT2D eigenvalue weighted by atomic mass is 32.2. The number of nitrogens with zero attached hydrogens (tertiary/aromatic N) is 2. The van der Waals surface area contributed by atoms with Crippen molar-refractivity contribution >= 4 is 59.8 Å². The van der Waals surface area contributed by atoms with E-state index in [2.05, 4.69) is 15.5 Å². The number of carbonyl (C=O) groups is 1. The summed E-state index contributed by atoms with van der Waals surface area (Å²) in [4.78, 5) is 9.71. The van der Waals surface area contributed by atoms with Crippen LogP contribution in [-0.4, -0.2) is 32.0 Å². The molecule has 0 aliphatic heterocycles. The van der Waals surface area contributed by atoms with Crippen molar-refractivity contribution in [3.8, 4) is 0 Å². The molecule has 7 N–H and O–H groups in total. The van der Waals surface area contributed by atoms with Crippen molar-refractivity contribution in [2.75, 3.05) is 11.1 Å². The number of amides is 2. The number of fused-ring (bicyclic) bond motifs is 1. The Bertz CT molecular complexity index is 1450. The minimum absolute atomic E-state index is 0.00239. The number of azo groups is 1. The van der Waals surface area contributed by atoms with E-state index in [0.29, 0.717) is 11.8 Å². The maximum absolute atomic E-state index is 11.7. The molecule has 12 nitrogen and oxygen atoms in total. The summed E-state index contributed by atoms with van der Waals surface area (Å²) < 4.78 is 65.0. The van der Waals surface area contributed by atoms with Crippen LogP contribution in [0.5, 0.6) is 0 Å². The number of hydrogen-bond acceptors (Lipinski definition) is 8. The number of nitrogens with two attached hydrogens (primary N) is 2. The minimum Gasteiger partial charge on any atom is -0.399 e. The Morgan fingerprint density at radius 3 is 2.23 bits per heavy atom. The predicted octanol–water partition coefficient (Wildman–Crippen LogP) is 2.82. The number of nitrogens with one attached hydrogen (secondary N) is 1. The number of benzene rings is 3. The van der Waals surface area contributed by atoms with Crippen molar-refractivity contribution in [3.05, 3.63) is 48.5 Å². The molecule has 0 aliphatic rings. The third-order valence-corrected chi connectivity index (χ3v) is 5.72. The van der Waals surface area contributed by atoms with Crippen molar-refractivity contribution in [3.63, 3.8) is 0 Å². The fourth-order valence-electron chi connectivity index (χ4n) is 2.71. The molecule has 0 bridgehead atoms. The Balaban J connectivity index is 2.13. The number of primary amides is 1. The molecular weight excluding hydrogens is 450 g/mol. The molecule has 2 amide bonds. The Hall–Kier alpha value is -3.59. The number of hydrogen-bond donors (Lipinski definition) is 5. The summed E-state index contributed by atoms with van der Waals surface area (Å²) >= 11 is 0. The number of anilines is 2. The van der Waals surface area contributed by atoms with E-state index in [1.54, 1.807) is 0 Å². The van der Waals surface area contributed by atoms with Gasteiger partial charge in [0.2, 0.25) is 0 Å². The van der Waals surface area contributed by atoms with Gasteiger partial charge in [-0.2, -0.15) is 21.9 Å². The topological polar surface area (TPSA) is 215 Å². The predicted molar refractivity (Wildman–Crippen MR) is 112 cm³/mol. The van der Waals surface area contributed by atoms with Crippen LogP contribution in [0.1, 0.15) is 0 Å².